The van der Waals surface area contributed by atoms with Gasteiger partial charge in [-0.2, -0.15) is 0 Å². The van der Waals surface area contributed by atoms with Crippen molar-refractivity contribution < 1.29 is 14.3 Å². The van der Waals surface area contributed by atoms with Crippen LogP contribution in [0, 0.1) is 5.92 Å². The second-order valence-electron chi connectivity index (χ2n) is 10.3. The van der Waals surface area contributed by atoms with Crippen molar-refractivity contribution >= 4 is 18.0 Å². The van der Waals surface area contributed by atoms with Gasteiger partial charge in [-0.3, -0.25) is 4.79 Å². The highest BCUT2D eigenvalue weighted by Gasteiger charge is 2.27. The fraction of sp³-hybridized carbons (Fsp3) is 0.870. The average molecular weight is 438 g/mol. The number of alkyl carbamates (subject to hydrolysis) is 1. The van der Waals surface area contributed by atoms with E-state index in [1.54, 1.807) is 19.0 Å². The molecule has 2 aliphatic rings. The van der Waals surface area contributed by atoms with Crippen molar-refractivity contribution in [1.82, 2.24) is 20.9 Å². The van der Waals surface area contributed by atoms with E-state index < -0.39 is 5.60 Å². The number of carbonyl (C=O) groups excluding carboxylic acids is 2. The number of hydrogen-bond acceptors (Lipinski definition) is 4. The van der Waals surface area contributed by atoms with Crippen molar-refractivity contribution in [3.05, 3.63) is 0 Å². The molecule has 0 aromatic carbocycles. The molecule has 0 aliphatic heterocycles. The number of aliphatic imine (C=N–C) groups is 1. The van der Waals surface area contributed by atoms with E-state index in [1.165, 1.54) is 19.3 Å². The van der Waals surface area contributed by atoms with Gasteiger partial charge in [0, 0.05) is 32.2 Å². The number of amides is 2. The molecule has 2 atom stereocenters. The van der Waals surface area contributed by atoms with Gasteiger partial charge in [-0.1, -0.05) is 19.8 Å². The summed E-state index contributed by atoms with van der Waals surface area (Å²) >= 11 is 0. The van der Waals surface area contributed by atoms with E-state index in [0.717, 1.165) is 38.1 Å². The fourth-order valence-corrected chi connectivity index (χ4v) is 4.18. The first-order valence-corrected chi connectivity index (χ1v) is 11.8. The Morgan fingerprint density at radius 2 is 1.52 bits per heavy atom. The Morgan fingerprint density at radius 1 is 0.935 bits per heavy atom. The van der Waals surface area contributed by atoms with Gasteiger partial charge in [0.1, 0.15) is 12.1 Å². The predicted molar refractivity (Wildman–Crippen MR) is 124 cm³/mol. The number of likely N-dealkylation sites (N-methyl/N-ethyl adjacent to an activating group) is 1. The van der Waals surface area contributed by atoms with Gasteiger partial charge in [-0.05, 0) is 65.2 Å². The third kappa shape index (κ3) is 9.35. The quantitative estimate of drug-likeness (QED) is 0.454. The predicted octanol–water partition coefficient (Wildman–Crippen LogP) is 3.02. The van der Waals surface area contributed by atoms with E-state index in [9.17, 15) is 9.59 Å². The number of guanidine groups is 1. The Hall–Kier alpha value is -1.99. The maximum Gasteiger partial charge on any atom is 0.407 e. The van der Waals surface area contributed by atoms with Crippen LogP contribution in [0.15, 0.2) is 4.99 Å². The molecule has 178 valence electrons. The number of rotatable bonds is 5. The monoisotopic (exact) mass is 437 g/mol. The molecule has 8 heteroatoms. The molecular formula is C23H43N5O3. The number of nitrogens with one attached hydrogen (secondary N) is 3. The summed E-state index contributed by atoms with van der Waals surface area (Å²) in [6.07, 6.45) is 8.17. The molecule has 0 radical (unpaired) electrons. The summed E-state index contributed by atoms with van der Waals surface area (Å²) in [4.78, 5) is 30.2. The van der Waals surface area contributed by atoms with Crippen LogP contribution >= 0.6 is 0 Å². The van der Waals surface area contributed by atoms with Crippen molar-refractivity contribution in [2.75, 3.05) is 20.6 Å². The van der Waals surface area contributed by atoms with E-state index >= 15 is 0 Å². The minimum atomic E-state index is -0.486. The maximum atomic E-state index is 12.1. The van der Waals surface area contributed by atoms with E-state index in [1.807, 2.05) is 20.8 Å². The summed E-state index contributed by atoms with van der Waals surface area (Å²) in [7, 11) is 3.50. The zero-order chi connectivity index (χ0) is 23.0. The molecule has 0 aromatic rings. The molecule has 2 rings (SSSR count). The topological polar surface area (TPSA) is 95.1 Å². The number of ether oxygens (including phenoxy) is 1. The van der Waals surface area contributed by atoms with Gasteiger partial charge in [0.25, 0.3) is 0 Å². The van der Waals surface area contributed by atoms with Crippen molar-refractivity contribution in [2.24, 2.45) is 10.9 Å². The fourth-order valence-electron chi connectivity index (χ4n) is 4.18. The van der Waals surface area contributed by atoms with Gasteiger partial charge in [-0.15, -0.1) is 0 Å². The molecule has 0 heterocycles. The van der Waals surface area contributed by atoms with E-state index in [2.05, 4.69) is 27.9 Å². The van der Waals surface area contributed by atoms with Crippen molar-refractivity contribution in [3.63, 3.8) is 0 Å². The largest absolute Gasteiger partial charge is 0.444 e. The van der Waals surface area contributed by atoms with Crippen LogP contribution in [0.5, 0.6) is 0 Å². The Bertz CT molecular complexity index is 621. The zero-order valence-electron chi connectivity index (χ0n) is 20.3. The van der Waals surface area contributed by atoms with Gasteiger partial charge in [0.2, 0.25) is 5.91 Å². The number of nitrogens with zero attached hydrogens (tertiary/aromatic N) is 2. The third-order valence-electron chi connectivity index (χ3n) is 6.09. The second-order valence-corrected chi connectivity index (χ2v) is 10.3. The van der Waals surface area contributed by atoms with Gasteiger partial charge in [-0.25, -0.2) is 9.79 Å². The smallest absolute Gasteiger partial charge is 0.407 e. The molecule has 31 heavy (non-hydrogen) atoms. The summed E-state index contributed by atoms with van der Waals surface area (Å²) in [6, 6.07) is 0.797. The summed E-state index contributed by atoms with van der Waals surface area (Å²) in [5.74, 6) is 1.32. The van der Waals surface area contributed by atoms with Gasteiger partial charge in [0.15, 0.2) is 5.96 Å². The molecule has 0 aromatic heterocycles. The average Bonchev–Trinajstić information content (AvgIpc) is 2.67. The van der Waals surface area contributed by atoms with Gasteiger partial charge in [0.05, 0.1) is 0 Å². The normalized spacial score (nSPS) is 27.2. The molecule has 2 fully saturated rings. The van der Waals surface area contributed by atoms with Crippen molar-refractivity contribution in [1.29, 1.82) is 0 Å². The van der Waals surface area contributed by atoms with Gasteiger partial charge >= 0.3 is 6.09 Å². The molecule has 2 aliphatic carbocycles. The first kappa shape index (κ1) is 25.3. The Labute approximate surface area is 187 Å². The Balaban J connectivity index is 1.89. The van der Waals surface area contributed by atoms with Crippen LogP contribution in [-0.2, 0) is 9.53 Å². The zero-order valence-corrected chi connectivity index (χ0v) is 20.3. The molecule has 8 nitrogen and oxygen atoms in total. The van der Waals surface area contributed by atoms with Crippen LogP contribution in [0.25, 0.3) is 0 Å². The van der Waals surface area contributed by atoms with Crippen LogP contribution < -0.4 is 16.0 Å². The highest BCUT2D eigenvalue weighted by molar-refractivity contribution is 5.85. The number of carbonyl (C=O) groups is 2. The van der Waals surface area contributed by atoms with Crippen molar-refractivity contribution in [2.45, 2.75) is 103 Å². The molecule has 0 spiro atoms. The number of hydrogen-bond donors (Lipinski definition) is 3. The molecule has 2 unspecified atom stereocenters. The molecule has 2 saturated carbocycles. The highest BCUT2D eigenvalue weighted by Crippen LogP contribution is 2.24. The third-order valence-corrected chi connectivity index (χ3v) is 6.09. The van der Waals surface area contributed by atoms with Crippen LogP contribution in [-0.4, -0.2) is 67.2 Å². The minimum Gasteiger partial charge on any atom is -0.444 e. The highest BCUT2D eigenvalue weighted by atomic mass is 16.6. The van der Waals surface area contributed by atoms with E-state index in [4.69, 9.17) is 4.74 Å². The lowest BCUT2D eigenvalue weighted by Gasteiger charge is -2.34. The summed E-state index contributed by atoms with van der Waals surface area (Å²) in [5, 5.41) is 10.1. The summed E-state index contributed by atoms with van der Waals surface area (Å²) < 4.78 is 5.37. The summed E-state index contributed by atoms with van der Waals surface area (Å²) in [5.41, 5.74) is -0.486. The lowest BCUT2D eigenvalue weighted by molar-refractivity contribution is -0.127. The lowest BCUT2D eigenvalue weighted by Crippen LogP contribution is -2.52. The van der Waals surface area contributed by atoms with Gasteiger partial charge < -0.3 is 25.6 Å². The van der Waals surface area contributed by atoms with Crippen LogP contribution in [0.4, 0.5) is 4.79 Å². The van der Waals surface area contributed by atoms with Crippen LogP contribution in [0.3, 0.4) is 0 Å². The maximum absolute atomic E-state index is 12.1. The standard InChI is InChI=1S/C23H43N5O3/c1-16-9-7-8-10-19(16)27-21(24-15-20(29)28(5)6)25-17-11-13-18(14-12-17)26-22(30)31-23(2,3)4/h16-19H,7-15H2,1-6H3,(H,26,30)(H2,24,25,27). The first-order valence-electron chi connectivity index (χ1n) is 11.8. The minimum absolute atomic E-state index is 0.0111. The molecule has 0 bridgehead atoms. The molecular weight excluding hydrogens is 394 g/mol. The first-order chi connectivity index (χ1) is 14.5. The Morgan fingerprint density at radius 3 is 2.06 bits per heavy atom. The molecule has 3 N–H and O–H groups in total. The molecule has 0 saturated heterocycles. The summed E-state index contributed by atoms with van der Waals surface area (Å²) in [6.45, 7) is 8.03. The van der Waals surface area contributed by atoms with E-state index in [0.29, 0.717) is 12.0 Å². The van der Waals surface area contributed by atoms with Crippen LogP contribution in [0.2, 0.25) is 0 Å². The SMILES string of the molecule is CC1CCCCC1NC(=NCC(=O)N(C)C)NC1CCC(NC(=O)OC(C)(C)C)CC1. The molecule has 2 amide bonds. The second kappa shape index (κ2) is 11.6. The van der Waals surface area contributed by atoms with Crippen LogP contribution in [0.1, 0.15) is 79.1 Å². The van der Waals surface area contributed by atoms with E-state index in [-0.39, 0.29) is 30.6 Å². The lowest BCUT2D eigenvalue weighted by atomic mass is 9.86. The van der Waals surface area contributed by atoms with Crippen molar-refractivity contribution in [3.8, 4) is 0 Å². The Kier molecular flexibility index (Phi) is 9.44.